The van der Waals surface area contributed by atoms with Crippen molar-refractivity contribution >= 4 is 0 Å². The Balaban J connectivity index is 1.89. The minimum Gasteiger partial charge on any atom is -0.328 e. The highest BCUT2D eigenvalue weighted by Crippen LogP contribution is 2.28. The van der Waals surface area contributed by atoms with Crippen molar-refractivity contribution in [3.8, 4) is 0 Å². The van der Waals surface area contributed by atoms with E-state index in [9.17, 15) is 0 Å². The molecule has 0 aromatic heterocycles. The molecule has 2 nitrogen and oxygen atoms in total. The van der Waals surface area contributed by atoms with Gasteiger partial charge in [0.25, 0.3) is 0 Å². The first-order valence-electron chi connectivity index (χ1n) is 8.32. The summed E-state index contributed by atoms with van der Waals surface area (Å²) in [5.74, 6) is 0. The van der Waals surface area contributed by atoms with Gasteiger partial charge in [-0.3, -0.25) is 4.90 Å². The quantitative estimate of drug-likeness (QED) is 0.830. The van der Waals surface area contributed by atoms with Gasteiger partial charge in [0, 0.05) is 18.1 Å². The summed E-state index contributed by atoms with van der Waals surface area (Å²) in [6, 6.07) is 2.19. The van der Waals surface area contributed by atoms with Gasteiger partial charge in [-0.1, -0.05) is 39.0 Å². The summed E-state index contributed by atoms with van der Waals surface area (Å²) in [4.78, 5) is 2.83. The fourth-order valence-electron chi connectivity index (χ4n) is 4.01. The molecule has 0 unspecified atom stereocenters. The Morgan fingerprint density at radius 2 is 1.28 bits per heavy atom. The first-order chi connectivity index (χ1) is 8.81. The van der Waals surface area contributed by atoms with Crippen molar-refractivity contribution in [1.29, 1.82) is 0 Å². The lowest BCUT2D eigenvalue weighted by molar-refractivity contribution is 0.0894. The van der Waals surface area contributed by atoms with Crippen molar-refractivity contribution in [1.82, 2.24) is 4.90 Å². The summed E-state index contributed by atoms with van der Waals surface area (Å²) >= 11 is 0. The van der Waals surface area contributed by atoms with Gasteiger partial charge < -0.3 is 5.73 Å². The Kier molecular flexibility index (Phi) is 5.97. The molecule has 0 aromatic rings. The Labute approximate surface area is 113 Å². The average molecular weight is 252 g/mol. The number of rotatable bonds is 3. The summed E-state index contributed by atoms with van der Waals surface area (Å²) in [5.41, 5.74) is 6.04. The highest BCUT2D eigenvalue weighted by atomic mass is 15.2. The van der Waals surface area contributed by atoms with Crippen LogP contribution in [0.2, 0.25) is 0 Å². The van der Waals surface area contributed by atoms with Crippen LogP contribution in [0.3, 0.4) is 0 Å². The molecule has 2 rings (SSSR count). The van der Waals surface area contributed by atoms with Crippen LogP contribution < -0.4 is 5.73 Å². The minimum atomic E-state index is 0.484. The van der Waals surface area contributed by atoms with E-state index >= 15 is 0 Å². The maximum atomic E-state index is 6.04. The van der Waals surface area contributed by atoms with Gasteiger partial charge in [0.2, 0.25) is 0 Å². The van der Waals surface area contributed by atoms with Crippen molar-refractivity contribution in [2.45, 2.75) is 95.7 Å². The van der Waals surface area contributed by atoms with Crippen molar-refractivity contribution in [3.05, 3.63) is 0 Å². The maximum Gasteiger partial charge on any atom is 0.00992 e. The molecule has 2 heteroatoms. The molecule has 0 aromatic carbocycles. The highest BCUT2D eigenvalue weighted by molar-refractivity contribution is 4.85. The number of hydrogen-bond donors (Lipinski definition) is 1. The standard InChI is InChI=1S/C16H32N2/c1-2-18(16-12-10-14(17)11-13-16)15-8-6-4-3-5-7-9-15/h14-16H,2-13,17H2,1H3. The topological polar surface area (TPSA) is 29.3 Å². The molecule has 0 bridgehead atoms. The Hall–Kier alpha value is -0.0800. The van der Waals surface area contributed by atoms with E-state index in [2.05, 4.69) is 11.8 Å². The zero-order valence-electron chi connectivity index (χ0n) is 12.2. The summed E-state index contributed by atoms with van der Waals surface area (Å²) in [7, 11) is 0. The monoisotopic (exact) mass is 252 g/mol. The van der Waals surface area contributed by atoms with E-state index in [1.807, 2.05) is 0 Å². The van der Waals surface area contributed by atoms with Gasteiger partial charge >= 0.3 is 0 Å². The van der Waals surface area contributed by atoms with Crippen LogP contribution in [0.1, 0.15) is 77.6 Å². The van der Waals surface area contributed by atoms with Crippen molar-refractivity contribution in [2.24, 2.45) is 5.73 Å². The van der Waals surface area contributed by atoms with Crippen LogP contribution in [0, 0.1) is 0 Å². The van der Waals surface area contributed by atoms with E-state index in [1.54, 1.807) is 0 Å². The third-order valence-electron chi connectivity index (χ3n) is 5.12. The second-order valence-electron chi connectivity index (χ2n) is 6.40. The molecule has 0 saturated heterocycles. The molecular formula is C16H32N2. The van der Waals surface area contributed by atoms with Gasteiger partial charge in [0.05, 0.1) is 0 Å². The molecule has 2 N–H and O–H groups in total. The molecule has 2 aliphatic rings. The zero-order valence-corrected chi connectivity index (χ0v) is 12.2. The van der Waals surface area contributed by atoms with E-state index in [0.29, 0.717) is 6.04 Å². The number of nitrogens with zero attached hydrogens (tertiary/aromatic N) is 1. The van der Waals surface area contributed by atoms with E-state index in [1.165, 1.54) is 77.2 Å². The molecule has 0 aliphatic heterocycles. The fourth-order valence-corrected chi connectivity index (χ4v) is 4.01. The SMILES string of the molecule is CCN(C1CCCCCCC1)C1CCC(N)CC1. The van der Waals surface area contributed by atoms with Gasteiger partial charge in [-0.05, 0) is 45.1 Å². The van der Waals surface area contributed by atoms with Gasteiger partial charge in [-0.15, -0.1) is 0 Å². The van der Waals surface area contributed by atoms with Crippen LogP contribution in [0.25, 0.3) is 0 Å². The molecule has 18 heavy (non-hydrogen) atoms. The van der Waals surface area contributed by atoms with Crippen molar-refractivity contribution in [3.63, 3.8) is 0 Å². The third kappa shape index (κ3) is 3.96. The first-order valence-corrected chi connectivity index (χ1v) is 8.32. The Bertz CT molecular complexity index is 213. The molecule has 0 atom stereocenters. The average Bonchev–Trinajstić information content (AvgIpc) is 2.34. The van der Waals surface area contributed by atoms with E-state index in [4.69, 9.17) is 5.73 Å². The first kappa shape index (κ1) is 14.3. The smallest absolute Gasteiger partial charge is 0.00992 e. The molecule has 0 spiro atoms. The summed E-state index contributed by atoms with van der Waals surface area (Å²) < 4.78 is 0. The van der Waals surface area contributed by atoms with E-state index in [0.717, 1.165) is 12.1 Å². The second-order valence-corrected chi connectivity index (χ2v) is 6.40. The highest BCUT2D eigenvalue weighted by Gasteiger charge is 2.28. The van der Waals surface area contributed by atoms with Gasteiger partial charge in [-0.25, -0.2) is 0 Å². The van der Waals surface area contributed by atoms with Crippen LogP contribution >= 0.6 is 0 Å². The van der Waals surface area contributed by atoms with Crippen LogP contribution in [0.5, 0.6) is 0 Å². The van der Waals surface area contributed by atoms with E-state index < -0.39 is 0 Å². The normalized spacial score (nSPS) is 32.2. The van der Waals surface area contributed by atoms with Crippen LogP contribution in [-0.2, 0) is 0 Å². The Morgan fingerprint density at radius 3 is 1.83 bits per heavy atom. The van der Waals surface area contributed by atoms with Crippen molar-refractivity contribution in [2.75, 3.05) is 6.54 Å². The molecule has 106 valence electrons. The largest absolute Gasteiger partial charge is 0.328 e. The molecule has 2 aliphatic carbocycles. The molecule has 2 saturated carbocycles. The zero-order chi connectivity index (χ0) is 12.8. The van der Waals surface area contributed by atoms with Crippen molar-refractivity contribution < 1.29 is 0 Å². The van der Waals surface area contributed by atoms with E-state index in [-0.39, 0.29) is 0 Å². The summed E-state index contributed by atoms with van der Waals surface area (Å²) in [5, 5.41) is 0. The fraction of sp³-hybridized carbons (Fsp3) is 1.00. The lowest BCUT2D eigenvalue weighted by Gasteiger charge is -2.41. The number of hydrogen-bond acceptors (Lipinski definition) is 2. The lowest BCUT2D eigenvalue weighted by atomic mass is 9.88. The molecule has 0 heterocycles. The second kappa shape index (κ2) is 7.49. The molecule has 0 amide bonds. The van der Waals surface area contributed by atoms with Crippen LogP contribution in [0.4, 0.5) is 0 Å². The molecule has 0 radical (unpaired) electrons. The summed E-state index contributed by atoms with van der Waals surface area (Å²) in [6.07, 6.45) is 15.3. The summed E-state index contributed by atoms with van der Waals surface area (Å²) in [6.45, 7) is 3.60. The van der Waals surface area contributed by atoms with Crippen LogP contribution in [-0.4, -0.2) is 29.6 Å². The molecular weight excluding hydrogens is 220 g/mol. The van der Waals surface area contributed by atoms with Crippen LogP contribution in [0.15, 0.2) is 0 Å². The molecule has 2 fully saturated rings. The third-order valence-corrected chi connectivity index (χ3v) is 5.12. The van der Waals surface area contributed by atoms with Gasteiger partial charge in [0.15, 0.2) is 0 Å². The predicted molar refractivity (Wildman–Crippen MR) is 78.7 cm³/mol. The predicted octanol–water partition coefficient (Wildman–Crippen LogP) is 3.69. The van der Waals surface area contributed by atoms with Gasteiger partial charge in [0.1, 0.15) is 0 Å². The number of nitrogens with two attached hydrogens (primary N) is 1. The maximum absolute atomic E-state index is 6.04. The minimum absolute atomic E-state index is 0.484. The Morgan fingerprint density at radius 1 is 0.778 bits per heavy atom. The van der Waals surface area contributed by atoms with Gasteiger partial charge in [-0.2, -0.15) is 0 Å². The lowest BCUT2D eigenvalue weighted by Crippen LogP contribution is -2.46.